The van der Waals surface area contributed by atoms with E-state index in [2.05, 4.69) is 15.5 Å². The molecule has 9 heteroatoms. The molecule has 0 radical (unpaired) electrons. The summed E-state index contributed by atoms with van der Waals surface area (Å²) >= 11 is 0. The Morgan fingerprint density at radius 1 is 1.11 bits per heavy atom. The molecule has 3 aromatic rings. The van der Waals surface area contributed by atoms with Crippen molar-refractivity contribution in [3.63, 3.8) is 0 Å². The second-order valence-corrected chi connectivity index (χ2v) is 8.48. The number of hydrogen-bond donors (Lipinski definition) is 1. The lowest BCUT2D eigenvalue weighted by atomic mass is 9.96. The van der Waals surface area contributed by atoms with Crippen molar-refractivity contribution in [3.8, 4) is 22.9 Å². The number of nitrogens with one attached hydrogen (secondary N) is 1. The zero-order valence-corrected chi connectivity index (χ0v) is 19.4. The maximum atomic E-state index is 12.7. The van der Waals surface area contributed by atoms with Crippen LogP contribution < -0.4 is 14.8 Å². The first kappa shape index (κ1) is 22.6. The van der Waals surface area contributed by atoms with Crippen LogP contribution in [0, 0.1) is 0 Å². The first-order valence-electron chi connectivity index (χ1n) is 11.7. The largest absolute Gasteiger partial charge is 0.454 e. The van der Waals surface area contributed by atoms with Crippen LogP contribution in [0.2, 0.25) is 0 Å². The number of carbonyl (C=O) groups excluding carboxylic acids is 2. The smallest absolute Gasteiger partial charge is 0.246 e. The first-order valence-corrected chi connectivity index (χ1v) is 11.7. The van der Waals surface area contributed by atoms with Crippen molar-refractivity contribution in [1.82, 2.24) is 15.0 Å². The highest BCUT2D eigenvalue weighted by molar-refractivity contribution is 5.92. The maximum absolute atomic E-state index is 12.7. The van der Waals surface area contributed by atoms with E-state index in [-0.39, 0.29) is 24.5 Å². The second kappa shape index (κ2) is 10.0. The van der Waals surface area contributed by atoms with Gasteiger partial charge in [0.15, 0.2) is 11.5 Å². The Labute approximate surface area is 202 Å². The zero-order valence-electron chi connectivity index (χ0n) is 19.4. The number of aromatic nitrogens is 2. The van der Waals surface area contributed by atoms with Crippen molar-refractivity contribution in [2.75, 3.05) is 25.2 Å². The van der Waals surface area contributed by atoms with E-state index in [4.69, 9.17) is 14.0 Å². The van der Waals surface area contributed by atoms with Crippen LogP contribution in [0.15, 0.2) is 53.1 Å². The van der Waals surface area contributed by atoms with Gasteiger partial charge >= 0.3 is 0 Å². The molecule has 180 valence electrons. The average Bonchev–Trinajstić information content (AvgIpc) is 3.57. The summed E-state index contributed by atoms with van der Waals surface area (Å²) in [6.45, 7) is 3.26. The minimum Gasteiger partial charge on any atom is -0.454 e. The van der Waals surface area contributed by atoms with Gasteiger partial charge in [-0.1, -0.05) is 30.3 Å². The van der Waals surface area contributed by atoms with Crippen LogP contribution in [0.25, 0.3) is 17.5 Å². The lowest BCUT2D eigenvalue weighted by Crippen LogP contribution is -2.36. The summed E-state index contributed by atoms with van der Waals surface area (Å²) in [5.41, 5.74) is 2.35. The van der Waals surface area contributed by atoms with Gasteiger partial charge in [-0.15, -0.1) is 0 Å². The number of hydrogen-bond acceptors (Lipinski definition) is 7. The predicted molar refractivity (Wildman–Crippen MR) is 129 cm³/mol. The molecule has 2 amide bonds. The second-order valence-electron chi connectivity index (χ2n) is 8.48. The van der Waals surface area contributed by atoms with Gasteiger partial charge in [0, 0.05) is 42.8 Å². The van der Waals surface area contributed by atoms with E-state index in [9.17, 15) is 9.59 Å². The van der Waals surface area contributed by atoms with Gasteiger partial charge in [0.2, 0.25) is 30.3 Å². The van der Waals surface area contributed by atoms with Gasteiger partial charge in [0.25, 0.3) is 0 Å². The summed E-state index contributed by atoms with van der Waals surface area (Å²) in [5.74, 6) is 2.48. The zero-order chi connectivity index (χ0) is 24.2. The lowest BCUT2D eigenvalue weighted by Gasteiger charge is -2.29. The van der Waals surface area contributed by atoms with Gasteiger partial charge in [-0.05, 0) is 48.7 Å². The molecule has 2 aliphatic rings. The molecule has 0 saturated carbocycles. The van der Waals surface area contributed by atoms with Gasteiger partial charge in [-0.2, -0.15) is 4.98 Å². The van der Waals surface area contributed by atoms with Crippen molar-refractivity contribution >= 4 is 23.6 Å². The standard InChI is InChI=1S/C26H26N4O5/c1-2-23(31)27-20-5-3-4-19(15-20)25-28-26(35-29-25)18-10-12-30(13-11-18)24(32)9-7-17-6-8-21-22(14-17)34-16-33-21/h3-9,14-15,18H,2,10-13,16H2,1H3,(H,27,31)/b9-7+. The molecule has 2 aromatic carbocycles. The lowest BCUT2D eigenvalue weighted by molar-refractivity contribution is -0.127. The number of fused-ring (bicyclic) bond motifs is 1. The van der Waals surface area contributed by atoms with E-state index in [0.29, 0.717) is 42.7 Å². The summed E-state index contributed by atoms with van der Waals surface area (Å²) in [4.78, 5) is 30.8. The molecule has 3 heterocycles. The van der Waals surface area contributed by atoms with Gasteiger partial charge in [0.05, 0.1) is 0 Å². The van der Waals surface area contributed by atoms with Crippen LogP contribution in [0.5, 0.6) is 11.5 Å². The molecule has 0 bridgehead atoms. The SMILES string of the molecule is CCC(=O)Nc1cccc(-c2noc(C3CCN(C(=O)/C=C/c4ccc5c(c4)OCO5)CC3)n2)c1. The fourth-order valence-corrected chi connectivity index (χ4v) is 4.14. The third kappa shape index (κ3) is 5.18. The Kier molecular flexibility index (Phi) is 6.47. The molecule has 0 unspecified atom stereocenters. The van der Waals surface area contributed by atoms with Crippen molar-refractivity contribution in [3.05, 3.63) is 60.0 Å². The maximum Gasteiger partial charge on any atom is 0.246 e. The number of likely N-dealkylation sites (tertiary alicyclic amines) is 1. The summed E-state index contributed by atoms with van der Waals surface area (Å²) in [5, 5.41) is 6.97. The Hall–Kier alpha value is -4.14. The third-order valence-electron chi connectivity index (χ3n) is 6.14. The number of amides is 2. The molecule has 2 aliphatic heterocycles. The molecular weight excluding hydrogens is 448 g/mol. The Morgan fingerprint density at radius 2 is 1.94 bits per heavy atom. The fraction of sp³-hybridized carbons (Fsp3) is 0.308. The van der Waals surface area contributed by atoms with E-state index in [1.165, 1.54) is 0 Å². The molecular formula is C26H26N4O5. The first-order chi connectivity index (χ1) is 17.1. The van der Waals surface area contributed by atoms with Gasteiger partial charge in [0.1, 0.15) is 0 Å². The van der Waals surface area contributed by atoms with E-state index < -0.39 is 0 Å². The van der Waals surface area contributed by atoms with Crippen molar-refractivity contribution in [2.45, 2.75) is 32.1 Å². The van der Waals surface area contributed by atoms with Crippen molar-refractivity contribution < 1.29 is 23.6 Å². The number of carbonyl (C=O) groups is 2. The number of nitrogens with zero attached hydrogens (tertiary/aromatic N) is 3. The van der Waals surface area contributed by atoms with Crippen LogP contribution in [-0.2, 0) is 9.59 Å². The molecule has 0 atom stereocenters. The monoisotopic (exact) mass is 474 g/mol. The highest BCUT2D eigenvalue weighted by atomic mass is 16.7. The molecule has 35 heavy (non-hydrogen) atoms. The van der Waals surface area contributed by atoms with E-state index in [1.807, 2.05) is 47.4 Å². The minimum absolute atomic E-state index is 0.0294. The molecule has 0 spiro atoms. The molecule has 1 aromatic heterocycles. The molecule has 1 fully saturated rings. The Bertz CT molecular complexity index is 1260. The number of piperidine rings is 1. The average molecular weight is 475 g/mol. The summed E-state index contributed by atoms with van der Waals surface area (Å²) in [7, 11) is 0. The van der Waals surface area contributed by atoms with Crippen molar-refractivity contribution in [2.24, 2.45) is 0 Å². The highest BCUT2D eigenvalue weighted by Crippen LogP contribution is 2.33. The normalized spacial score (nSPS) is 15.5. The number of rotatable bonds is 6. The minimum atomic E-state index is -0.0528. The Balaban J connectivity index is 1.17. The highest BCUT2D eigenvalue weighted by Gasteiger charge is 2.27. The summed E-state index contributed by atoms with van der Waals surface area (Å²) < 4.78 is 16.3. The number of anilines is 1. The topological polar surface area (TPSA) is 107 Å². The Morgan fingerprint density at radius 3 is 2.77 bits per heavy atom. The van der Waals surface area contributed by atoms with Gasteiger partial charge < -0.3 is 24.2 Å². The van der Waals surface area contributed by atoms with Gasteiger partial charge in [-0.25, -0.2) is 0 Å². The van der Waals surface area contributed by atoms with Crippen LogP contribution in [0.3, 0.4) is 0 Å². The van der Waals surface area contributed by atoms with Crippen molar-refractivity contribution in [1.29, 1.82) is 0 Å². The quantitative estimate of drug-likeness (QED) is 0.533. The third-order valence-corrected chi connectivity index (χ3v) is 6.14. The van der Waals surface area contributed by atoms with E-state index in [1.54, 1.807) is 19.1 Å². The van der Waals surface area contributed by atoms with Crippen LogP contribution >= 0.6 is 0 Å². The summed E-state index contributed by atoms with van der Waals surface area (Å²) in [6, 6.07) is 13.0. The van der Waals surface area contributed by atoms with Crippen LogP contribution in [0.1, 0.15) is 43.6 Å². The van der Waals surface area contributed by atoms with Crippen LogP contribution in [0.4, 0.5) is 5.69 Å². The van der Waals surface area contributed by atoms with Gasteiger partial charge in [-0.3, -0.25) is 9.59 Å². The summed E-state index contributed by atoms with van der Waals surface area (Å²) in [6.07, 6.45) is 5.28. The van der Waals surface area contributed by atoms with E-state index in [0.717, 1.165) is 29.7 Å². The fourth-order valence-electron chi connectivity index (χ4n) is 4.14. The molecule has 1 N–H and O–H groups in total. The molecule has 1 saturated heterocycles. The molecule has 0 aliphatic carbocycles. The predicted octanol–water partition coefficient (Wildman–Crippen LogP) is 4.23. The number of ether oxygens (including phenoxy) is 2. The molecule has 5 rings (SSSR count). The van der Waals surface area contributed by atoms with E-state index >= 15 is 0 Å². The van der Waals surface area contributed by atoms with Crippen LogP contribution in [-0.4, -0.2) is 46.7 Å². The molecule has 9 nitrogen and oxygen atoms in total. The number of benzene rings is 2.